The summed E-state index contributed by atoms with van der Waals surface area (Å²) in [5, 5.41) is 3.13. The molecular weight excluding hydrogens is 204 g/mol. The number of aliphatic imine (C=N–C) groups is 1. The highest BCUT2D eigenvalue weighted by Gasteiger charge is 2.21. The average molecular weight is 222 g/mol. The molecule has 0 atom stereocenters. The van der Waals surface area contributed by atoms with Crippen molar-refractivity contribution >= 4 is 5.96 Å². The fourth-order valence-corrected chi connectivity index (χ4v) is 1.43. The van der Waals surface area contributed by atoms with Crippen molar-refractivity contribution in [2.75, 3.05) is 0 Å². The molecule has 2 rings (SSSR count). The van der Waals surface area contributed by atoms with Crippen molar-refractivity contribution in [3.05, 3.63) is 17.3 Å². The van der Waals surface area contributed by atoms with Crippen molar-refractivity contribution in [3.8, 4) is 0 Å². The van der Waals surface area contributed by atoms with E-state index in [1.165, 1.54) is 12.8 Å². The molecule has 1 aliphatic rings. The lowest BCUT2D eigenvalue weighted by Crippen LogP contribution is -2.33. The normalized spacial score (nSPS) is 16.5. The van der Waals surface area contributed by atoms with Gasteiger partial charge in [-0.3, -0.25) is 0 Å². The van der Waals surface area contributed by atoms with Gasteiger partial charge in [-0.2, -0.15) is 0 Å². The highest BCUT2D eigenvalue weighted by molar-refractivity contribution is 5.78. The number of nitrogens with one attached hydrogen (secondary N) is 1. The van der Waals surface area contributed by atoms with Gasteiger partial charge in [0, 0.05) is 12.5 Å². The van der Waals surface area contributed by atoms with Gasteiger partial charge in [-0.05, 0) is 19.8 Å². The minimum Gasteiger partial charge on any atom is -0.443 e. The summed E-state index contributed by atoms with van der Waals surface area (Å²) in [7, 11) is 0. The maximum absolute atomic E-state index is 5.73. The molecule has 0 bridgehead atoms. The van der Waals surface area contributed by atoms with Crippen LogP contribution in [0, 0.1) is 6.92 Å². The number of oxazole rings is 1. The highest BCUT2D eigenvalue weighted by Crippen LogP contribution is 2.18. The minimum atomic E-state index is 0.463. The van der Waals surface area contributed by atoms with Crippen molar-refractivity contribution in [2.45, 2.75) is 45.7 Å². The Kier molecular flexibility index (Phi) is 3.12. The Morgan fingerprint density at radius 3 is 2.94 bits per heavy atom. The Labute approximate surface area is 95.1 Å². The van der Waals surface area contributed by atoms with Crippen LogP contribution in [0.3, 0.4) is 0 Å². The van der Waals surface area contributed by atoms with Crippen molar-refractivity contribution in [1.82, 2.24) is 10.3 Å². The fourth-order valence-electron chi connectivity index (χ4n) is 1.43. The van der Waals surface area contributed by atoms with Crippen LogP contribution >= 0.6 is 0 Å². The van der Waals surface area contributed by atoms with E-state index in [9.17, 15) is 0 Å². The Hall–Kier alpha value is -1.52. The van der Waals surface area contributed by atoms with Crippen molar-refractivity contribution in [3.63, 3.8) is 0 Å². The number of aryl methyl sites for hydroxylation is 2. The number of hydrogen-bond acceptors (Lipinski definition) is 3. The molecule has 1 fully saturated rings. The molecule has 3 N–H and O–H groups in total. The summed E-state index contributed by atoms with van der Waals surface area (Å²) in [6.07, 6.45) is 3.19. The van der Waals surface area contributed by atoms with Gasteiger partial charge in [0.05, 0.1) is 5.69 Å². The van der Waals surface area contributed by atoms with E-state index in [0.29, 0.717) is 18.5 Å². The first kappa shape index (κ1) is 11.0. The molecular formula is C11H18N4O. The Morgan fingerprint density at radius 1 is 1.62 bits per heavy atom. The molecule has 1 aromatic rings. The third-order valence-electron chi connectivity index (χ3n) is 2.56. The molecule has 16 heavy (non-hydrogen) atoms. The van der Waals surface area contributed by atoms with Crippen LogP contribution in [-0.4, -0.2) is 17.0 Å². The zero-order chi connectivity index (χ0) is 11.5. The van der Waals surface area contributed by atoms with Gasteiger partial charge in [0.15, 0.2) is 11.9 Å². The molecule has 1 aliphatic carbocycles. The lowest BCUT2D eigenvalue weighted by atomic mass is 10.4. The first-order valence-electron chi connectivity index (χ1n) is 5.70. The van der Waals surface area contributed by atoms with Crippen LogP contribution in [0.2, 0.25) is 0 Å². The van der Waals surface area contributed by atoms with E-state index in [1.54, 1.807) is 0 Å². The van der Waals surface area contributed by atoms with E-state index < -0.39 is 0 Å². The summed E-state index contributed by atoms with van der Waals surface area (Å²) >= 11 is 0. The van der Waals surface area contributed by atoms with Crippen LogP contribution in [0.15, 0.2) is 9.41 Å². The Balaban J connectivity index is 1.94. The summed E-state index contributed by atoms with van der Waals surface area (Å²) in [4.78, 5) is 8.52. The number of nitrogens with two attached hydrogens (primary N) is 1. The second kappa shape index (κ2) is 4.55. The largest absolute Gasteiger partial charge is 0.443 e. The third kappa shape index (κ3) is 2.74. The van der Waals surface area contributed by atoms with Gasteiger partial charge in [0.2, 0.25) is 0 Å². The predicted molar refractivity (Wildman–Crippen MR) is 62.1 cm³/mol. The summed E-state index contributed by atoms with van der Waals surface area (Å²) in [6, 6.07) is 0.533. The first-order valence-corrected chi connectivity index (χ1v) is 5.70. The highest BCUT2D eigenvalue weighted by atomic mass is 16.4. The van der Waals surface area contributed by atoms with Crippen molar-refractivity contribution in [2.24, 2.45) is 10.7 Å². The lowest BCUT2D eigenvalue weighted by molar-refractivity contribution is 0.460. The molecule has 0 aliphatic heterocycles. The van der Waals surface area contributed by atoms with Crippen molar-refractivity contribution in [1.29, 1.82) is 0 Å². The molecule has 0 amide bonds. The van der Waals surface area contributed by atoms with Gasteiger partial charge in [0.1, 0.15) is 12.3 Å². The summed E-state index contributed by atoms with van der Waals surface area (Å²) in [5.74, 6) is 2.06. The Bertz CT molecular complexity index is 393. The Morgan fingerprint density at radius 2 is 2.38 bits per heavy atom. The second-order valence-corrected chi connectivity index (χ2v) is 4.09. The molecule has 1 heterocycles. The summed E-state index contributed by atoms with van der Waals surface area (Å²) in [6.45, 7) is 4.41. The number of guanidine groups is 1. The van der Waals surface area contributed by atoms with E-state index in [-0.39, 0.29) is 0 Å². The lowest BCUT2D eigenvalue weighted by Gasteiger charge is -2.01. The second-order valence-electron chi connectivity index (χ2n) is 4.09. The van der Waals surface area contributed by atoms with Gasteiger partial charge >= 0.3 is 0 Å². The fraction of sp³-hybridized carbons (Fsp3) is 0.636. The van der Waals surface area contributed by atoms with Crippen molar-refractivity contribution < 1.29 is 4.42 Å². The molecule has 0 spiro atoms. The molecule has 5 nitrogen and oxygen atoms in total. The van der Waals surface area contributed by atoms with Gasteiger partial charge in [-0.15, -0.1) is 0 Å². The first-order chi connectivity index (χ1) is 7.69. The van der Waals surface area contributed by atoms with E-state index in [0.717, 1.165) is 23.8 Å². The third-order valence-corrected chi connectivity index (χ3v) is 2.56. The van der Waals surface area contributed by atoms with Gasteiger partial charge in [-0.25, -0.2) is 9.98 Å². The van der Waals surface area contributed by atoms with E-state index >= 15 is 0 Å². The molecule has 0 radical (unpaired) electrons. The number of aromatic nitrogens is 1. The van der Waals surface area contributed by atoms with Crippen LogP contribution in [0.4, 0.5) is 0 Å². The van der Waals surface area contributed by atoms with E-state index in [1.807, 2.05) is 13.8 Å². The van der Waals surface area contributed by atoms with Gasteiger partial charge in [0.25, 0.3) is 0 Å². The zero-order valence-electron chi connectivity index (χ0n) is 9.79. The zero-order valence-corrected chi connectivity index (χ0v) is 9.79. The molecule has 0 unspecified atom stereocenters. The minimum absolute atomic E-state index is 0.463. The van der Waals surface area contributed by atoms with E-state index in [4.69, 9.17) is 10.2 Å². The quantitative estimate of drug-likeness (QED) is 0.591. The molecule has 1 saturated carbocycles. The van der Waals surface area contributed by atoms with Crippen LogP contribution in [0.25, 0.3) is 0 Å². The average Bonchev–Trinajstić information content (AvgIpc) is 2.98. The molecule has 5 heteroatoms. The molecule has 1 aromatic heterocycles. The van der Waals surface area contributed by atoms with Crippen LogP contribution in [0.5, 0.6) is 0 Å². The topological polar surface area (TPSA) is 76.4 Å². The maximum Gasteiger partial charge on any atom is 0.194 e. The van der Waals surface area contributed by atoms with E-state index in [2.05, 4.69) is 15.3 Å². The predicted octanol–water partition coefficient (Wildman–Crippen LogP) is 1.11. The molecule has 88 valence electrons. The molecule has 0 saturated heterocycles. The van der Waals surface area contributed by atoms with Gasteiger partial charge < -0.3 is 15.5 Å². The van der Waals surface area contributed by atoms with Crippen LogP contribution in [0.1, 0.15) is 37.1 Å². The van der Waals surface area contributed by atoms with Gasteiger partial charge in [-0.1, -0.05) is 6.92 Å². The van der Waals surface area contributed by atoms with Crippen LogP contribution < -0.4 is 11.1 Å². The SMILES string of the molecule is CCc1nc(C)c(CN=C(N)NC2CC2)o1. The molecule has 0 aromatic carbocycles. The number of nitrogens with zero attached hydrogens (tertiary/aromatic N) is 2. The smallest absolute Gasteiger partial charge is 0.194 e. The monoisotopic (exact) mass is 222 g/mol. The summed E-state index contributed by atoms with van der Waals surface area (Å²) in [5.41, 5.74) is 6.63. The maximum atomic E-state index is 5.73. The van der Waals surface area contributed by atoms with Crippen LogP contribution in [-0.2, 0) is 13.0 Å². The number of rotatable bonds is 4. The standard InChI is InChI=1S/C11H18N4O/c1-3-10-14-7(2)9(16-10)6-13-11(12)15-8-4-5-8/h8H,3-6H2,1-2H3,(H3,12,13,15). The summed E-state index contributed by atoms with van der Waals surface area (Å²) < 4.78 is 5.53. The number of hydrogen-bond donors (Lipinski definition) is 2.